The number of amides is 1. The first-order valence-electron chi connectivity index (χ1n) is 6.73. The van der Waals surface area contributed by atoms with Crippen LogP contribution < -0.4 is 0 Å². The number of nitrogens with zero attached hydrogens (tertiary/aromatic N) is 1. The van der Waals surface area contributed by atoms with Gasteiger partial charge < -0.3 is 14.7 Å². The second kappa shape index (κ2) is 8.96. The summed E-state index contributed by atoms with van der Waals surface area (Å²) >= 11 is 0. The van der Waals surface area contributed by atoms with Crippen molar-refractivity contribution < 1.29 is 19.4 Å². The molecule has 0 saturated heterocycles. The molecule has 0 heterocycles. The van der Waals surface area contributed by atoms with Crippen molar-refractivity contribution in [3.05, 3.63) is 35.9 Å². The molecule has 1 aromatic rings. The molecule has 0 fully saturated rings. The van der Waals surface area contributed by atoms with E-state index < -0.39 is 5.97 Å². The van der Waals surface area contributed by atoms with Crippen LogP contribution in [0.1, 0.15) is 31.2 Å². The van der Waals surface area contributed by atoms with Crippen molar-refractivity contribution in [1.29, 1.82) is 0 Å². The van der Waals surface area contributed by atoms with Gasteiger partial charge in [-0.3, -0.25) is 4.79 Å². The van der Waals surface area contributed by atoms with Crippen LogP contribution in [0.4, 0.5) is 4.79 Å². The van der Waals surface area contributed by atoms with Gasteiger partial charge in [-0.1, -0.05) is 36.8 Å². The van der Waals surface area contributed by atoms with E-state index in [-0.39, 0.29) is 19.1 Å². The summed E-state index contributed by atoms with van der Waals surface area (Å²) in [6, 6.07) is 9.51. The Morgan fingerprint density at radius 2 is 1.85 bits per heavy atom. The van der Waals surface area contributed by atoms with Crippen molar-refractivity contribution in [2.24, 2.45) is 0 Å². The Kier molecular flexibility index (Phi) is 7.17. The molecule has 1 aromatic carbocycles. The number of ether oxygens (including phenoxy) is 1. The molecule has 0 aliphatic carbocycles. The summed E-state index contributed by atoms with van der Waals surface area (Å²) in [5.41, 5.74) is 0.954. The van der Waals surface area contributed by atoms with Crippen LogP contribution in [-0.2, 0) is 16.1 Å². The van der Waals surface area contributed by atoms with Crippen molar-refractivity contribution in [2.75, 3.05) is 13.6 Å². The Morgan fingerprint density at radius 1 is 1.15 bits per heavy atom. The van der Waals surface area contributed by atoms with Crippen molar-refractivity contribution in [3.63, 3.8) is 0 Å². The van der Waals surface area contributed by atoms with Gasteiger partial charge in [0, 0.05) is 20.0 Å². The maximum atomic E-state index is 11.7. The number of hydrogen-bond acceptors (Lipinski definition) is 3. The van der Waals surface area contributed by atoms with E-state index >= 15 is 0 Å². The lowest BCUT2D eigenvalue weighted by Gasteiger charge is -2.16. The van der Waals surface area contributed by atoms with Gasteiger partial charge in [0.15, 0.2) is 0 Å². The van der Waals surface area contributed by atoms with Gasteiger partial charge in [0.1, 0.15) is 6.61 Å². The van der Waals surface area contributed by atoms with Gasteiger partial charge >= 0.3 is 12.1 Å². The fourth-order valence-corrected chi connectivity index (χ4v) is 1.72. The molecule has 0 radical (unpaired) electrons. The van der Waals surface area contributed by atoms with E-state index in [2.05, 4.69) is 0 Å². The molecule has 0 bridgehead atoms. The summed E-state index contributed by atoms with van der Waals surface area (Å²) in [7, 11) is 1.69. The number of hydrogen-bond donors (Lipinski definition) is 1. The third-order valence-corrected chi connectivity index (χ3v) is 2.90. The number of rotatable bonds is 8. The van der Waals surface area contributed by atoms with E-state index in [0.717, 1.165) is 18.4 Å². The van der Waals surface area contributed by atoms with Crippen molar-refractivity contribution in [3.8, 4) is 0 Å². The zero-order chi connectivity index (χ0) is 14.8. The van der Waals surface area contributed by atoms with Crippen LogP contribution in [0, 0.1) is 0 Å². The lowest BCUT2D eigenvalue weighted by Crippen LogP contribution is -2.28. The monoisotopic (exact) mass is 279 g/mol. The fourth-order valence-electron chi connectivity index (χ4n) is 1.72. The van der Waals surface area contributed by atoms with Crippen LogP contribution in [0.2, 0.25) is 0 Å². The van der Waals surface area contributed by atoms with Crippen LogP contribution in [0.3, 0.4) is 0 Å². The number of carboxylic acid groups (broad SMARTS) is 1. The van der Waals surface area contributed by atoms with Crippen molar-refractivity contribution in [1.82, 2.24) is 4.90 Å². The summed E-state index contributed by atoms with van der Waals surface area (Å²) in [5.74, 6) is -0.777. The zero-order valence-electron chi connectivity index (χ0n) is 11.7. The fraction of sp³-hybridized carbons (Fsp3) is 0.467. The lowest BCUT2D eigenvalue weighted by atomic mass is 10.2. The molecule has 20 heavy (non-hydrogen) atoms. The van der Waals surface area contributed by atoms with Crippen LogP contribution in [-0.4, -0.2) is 35.7 Å². The smallest absolute Gasteiger partial charge is 0.409 e. The molecule has 1 rings (SSSR count). The van der Waals surface area contributed by atoms with Gasteiger partial charge in [-0.05, 0) is 18.4 Å². The first-order chi connectivity index (χ1) is 9.59. The molecule has 0 spiro atoms. The van der Waals surface area contributed by atoms with E-state index in [4.69, 9.17) is 9.84 Å². The number of benzene rings is 1. The molecule has 0 aromatic heterocycles. The van der Waals surface area contributed by atoms with Crippen LogP contribution in [0.5, 0.6) is 0 Å². The number of carbonyl (C=O) groups excluding carboxylic acids is 1. The second-order valence-corrected chi connectivity index (χ2v) is 4.67. The number of aliphatic carboxylic acids is 1. The quantitative estimate of drug-likeness (QED) is 0.743. The zero-order valence-corrected chi connectivity index (χ0v) is 11.7. The predicted molar refractivity (Wildman–Crippen MR) is 75.4 cm³/mol. The number of carbonyl (C=O) groups is 2. The van der Waals surface area contributed by atoms with Gasteiger partial charge in [-0.2, -0.15) is 0 Å². The third-order valence-electron chi connectivity index (χ3n) is 2.90. The van der Waals surface area contributed by atoms with Gasteiger partial charge in [0.05, 0.1) is 0 Å². The number of carboxylic acids is 1. The van der Waals surface area contributed by atoms with Crippen molar-refractivity contribution >= 4 is 12.1 Å². The highest BCUT2D eigenvalue weighted by atomic mass is 16.6. The average Bonchev–Trinajstić information content (AvgIpc) is 2.45. The van der Waals surface area contributed by atoms with Gasteiger partial charge in [0.25, 0.3) is 0 Å². The van der Waals surface area contributed by atoms with Gasteiger partial charge in [-0.25, -0.2) is 4.79 Å². The molecule has 0 unspecified atom stereocenters. The molecule has 5 nitrogen and oxygen atoms in total. The van der Waals surface area contributed by atoms with Crippen LogP contribution in [0.15, 0.2) is 30.3 Å². The summed E-state index contributed by atoms with van der Waals surface area (Å²) < 4.78 is 5.18. The van der Waals surface area contributed by atoms with Gasteiger partial charge in [0.2, 0.25) is 0 Å². The number of unbranched alkanes of at least 4 members (excludes halogenated alkanes) is 2. The minimum atomic E-state index is -0.777. The molecule has 1 amide bonds. The normalized spacial score (nSPS) is 10.1. The Labute approximate surface area is 119 Å². The Bertz CT molecular complexity index is 419. The van der Waals surface area contributed by atoms with Crippen molar-refractivity contribution in [2.45, 2.75) is 32.3 Å². The van der Waals surface area contributed by atoms with Crippen LogP contribution >= 0.6 is 0 Å². The first-order valence-corrected chi connectivity index (χ1v) is 6.73. The maximum Gasteiger partial charge on any atom is 0.409 e. The van der Waals surface area contributed by atoms with E-state index in [1.165, 1.54) is 4.90 Å². The van der Waals surface area contributed by atoms with E-state index in [0.29, 0.717) is 13.0 Å². The van der Waals surface area contributed by atoms with E-state index in [1.54, 1.807) is 7.05 Å². The predicted octanol–water partition coefficient (Wildman–Crippen LogP) is 2.90. The van der Waals surface area contributed by atoms with Gasteiger partial charge in [-0.15, -0.1) is 0 Å². The molecule has 110 valence electrons. The summed E-state index contributed by atoms with van der Waals surface area (Å²) in [6.45, 7) is 0.844. The minimum absolute atomic E-state index is 0.183. The molecule has 5 heteroatoms. The molecule has 0 saturated carbocycles. The molecule has 0 atom stereocenters. The molecule has 0 aliphatic heterocycles. The Hall–Kier alpha value is -2.04. The third kappa shape index (κ3) is 6.78. The summed E-state index contributed by atoms with van der Waals surface area (Å²) in [5, 5.41) is 8.50. The highest BCUT2D eigenvalue weighted by Gasteiger charge is 2.09. The van der Waals surface area contributed by atoms with Crippen LogP contribution in [0.25, 0.3) is 0 Å². The molecule has 0 aliphatic rings. The Balaban J connectivity index is 2.14. The standard InChI is InChI=1S/C15H21NO4/c1-16(11-7-3-6-10-14(17)18)15(19)20-12-13-8-4-2-5-9-13/h2,4-5,8-9H,3,6-7,10-12H2,1H3,(H,17,18). The second-order valence-electron chi connectivity index (χ2n) is 4.67. The highest BCUT2D eigenvalue weighted by Crippen LogP contribution is 2.05. The highest BCUT2D eigenvalue weighted by molar-refractivity contribution is 5.67. The molecule has 1 N–H and O–H groups in total. The molecular formula is C15H21NO4. The Morgan fingerprint density at radius 3 is 2.50 bits per heavy atom. The summed E-state index contributed by atoms with van der Waals surface area (Å²) in [6.07, 6.45) is 2.05. The first kappa shape index (κ1) is 16.0. The van der Waals surface area contributed by atoms with E-state index in [1.807, 2.05) is 30.3 Å². The lowest BCUT2D eigenvalue weighted by molar-refractivity contribution is -0.137. The summed E-state index contributed by atoms with van der Waals surface area (Å²) in [4.78, 5) is 23.6. The largest absolute Gasteiger partial charge is 0.481 e. The topological polar surface area (TPSA) is 66.8 Å². The maximum absolute atomic E-state index is 11.7. The van der Waals surface area contributed by atoms with E-state index in [9.17, 15) is 9.59 Å². The average molecular weight is 279 g/mol. The SMILES string of the molecule is CN(CCCCCC(=O)O)C(=O)OCc1ccccc1. The minimum Gasteiger partial charge on any atom is -0.481 e. The molecular weight excluding hydrogens is 258 g/mol.